The second kappa shape index (κ2) is 13.2. The standard InChI is InChI=1S/C28H36Cl2N2O2/c1-3-20-13-15-21(16-14-20)17-18-27(33)32(19-23-24(29)11-8-12-25(23)30)26(4-2)28(34)31-22-9-6-5-7-10-22/h8,11-16,22,26H,3-7,9-10,17-19H2,1-2H3,(H,31,34)/t26-/m0/s1. The summed E-state index contributed by atoms with van der Waals surface area (Å²) in [6.07, 6.45) is 7.94. The first kappa shape index (κ1) is 26.6. The molecule has 4 nitrogen and oxygen atoms in total. The minimum atomic E-state index is -0.566. The van der Waals surface area contributed by atoms with E-state index in [1.165, 1.54) is 12.0 Å². The van der Waals surface area contributed by atoms with E-state index < -0.39 is 6.04 Å². The minimum Gasteiger partial charge on any atom is -0.352 e. The first-order valence-corrected chi connectivity index (χ1v) is 13.3. The molecule has 2 aromatic rings. The van der Waals surface area contributed by atoms with Crippen LogP contribution >= 0.6 is 23.2 Å². The number of hydrogen-bond acceptors (Lipinski definition) is 2. The monoisotopic (exact) mass is 502 g/mol. The van der Waals surface area contributed by atoms with E-state index in [0.29, 0.717) is 34.9 Å². The maximum Gasteiger partial charge on any atom is 0.243 e. The van der Waals surface area contributed by atoms with Gasteiger partial charge in [-0.15, -0.1) is 0 Å². The van der Waals surface area contributed by atoms with Crippen LogP contribution in [-0.4, -0.2) is 28.8 Å². The minimum absolute atomic E-state index is 0.0683. The van der Waals surface area contributed by atoms with E-state index in [4.69, 9.17) is 23.2 Å². The lowest BCUT2D eigenvalue weighted by Gasteiger charge is -2.33. The summed E-state index contributed by atoms with van der Waals surface area (Å²) in [5.41, 5.74) is 3.06. The van der Waals surface area contributed by atoms with Gasteiger partial charge in [0.25, 0.3) is 0 Å². The summed E-state index contributed by atoms with van der Waals surface area (Å²) < 4.78 is 0. The third-order valence-electron chi connectivity index (χ3n) is 6.79. The van der Waals surface area contributed by atoms with Crippen molar-refractivity contribution in [3.05, 3.63) is 69.2 Å². The van der Waals surface area contributed by atoms with Gasteiger partial charge in [0.1, 0.15) is 6.04 Å². The van der Waals surface area contributed by atoms with Crippen molar-refractivity contribution in [3.8, 4) is 0 Å². The highest BCUT2D eigenvalue weighted by molar-refractivity contribution is 6.36. The van der Waals surface area contributed by atoms with Crippen molar-refractivity contribution >= 4 is 35.0 Å². The molecule has 6 heteroatoms. The molecule has 0 heterocycles. The average molecular weight is 504 g/mol. The summed E-state index contributed by atoms with van der Waals surface area (Å²) in [5.74, 6) is -0.153. The van der Waals surface area contributed by atoms with Crippen molar-refractivity contribution < 1.29 is 9.59 Å². The molecular formula is C28H36Cl2N2O2. The number of carbonyl (C=O) groups is 2. The summed E-state index contributed by atoms with van der Waals surface area (Å²) in [6.45, 7) is 4.28. The number of benzene rings is 2. The second-order valence-electron chi connectivity index (χ2n) is 9.16. The van der Waals surface area contributed by atoms with Crippen LogP contribution in [0, 0.1) is 0 Å². The van der Waals surface area contributed by atoms with Crippen LogP contribution in [0.2, 0.25) is 10.0 Å². The smallest absolute Gasteiger partial charge is 0.243 e. The summed E-state index contributed by atoms with van der Waals surface area (Å²) in [5, 5.41) is 4.21. The van der Waals surface area contributed by atoms with Crippen LogP contribution in [0.4, 0.5) is 0 Å². The Balaban J connectivity index is 1.78. The van der Waals surface area contributed by atoms with Crippen molar-refractivity contribution in [2.75, 3.05) is 0 Å². The molecule has 1 saturated carbocycles. The molecule has 1 N–H and O–H groups in total. The third-order valence-corrected chi connectivity index (χ3v) is 7.49. The zero-order chi connectivity index (χ0) is 24.5. The van der Waals surface area contributed by atoms with E-state index in [2.05, 4.69) is 36.5 Å². The summed E-state index contributed by atoms with van der Waals surface area (Å²) in [7, 11) is 0. The lowest BCUT2D eigenvalue weighted by molar-refractivity contribution is -0.141. The Morgan fingerprint density at radius 3 is 2.18 bits per heavy atom. The maximum atomic E-state index is 13.5. The van der Waals surface area contributed by atoms with E-state index >= 15 is 0 Å². The van der Waals surface area contributed by atoms with Crippen LogP contribution in [0.15, 0.2) is 42.5 Å². The van der Waals surface area contributed by atoms with Crippen LogP contribution in [0.1, 0.15) is 75.5 Å². The first-order valence-electron chi connectivity index (χ1n) is 12.5. The molecule has 1 aliphatic rings. The molecule has 0 saturated heterocycles. The molecule has 1 atom stereocenters. The van der Waals surface area contributed by atoms with Gasteiger partial charge in [-0.3, -0.25) is 9.59 Å². The van der Waals surface area contributed by atoms with Crippen LogP contribution in [0.25, 0.3) is 0 Å². The number of rotatable bonds is 10. The van der Waals surface area contributed by atoms with Gasteiger partial charge >= 0.3 is 0 Å². The van der Waals surface area contributed by atoms with Crippen LogP contribution in [0.5, 0.6) is 0 Å². The summed E-state index contributed by atoms with van der Waals surface area (Å²) in [4.78, 5) is 28.5. The number of amides is 2. The van der Waals surface area contributed by atoms with E-state index in [0.717, 1.165) is 37.7 Å². The SMILES string of the molecule is CCc1ccc(CCC(=O)N(Cc2c(Cl)cccc2Cl)[C@@H](CC)C(=O)NC2CCCCC2)cc1. The van der Waals surface area contributed by atoms with Gasteiger partial charge in [0.2, 0.25) is 11.8 Å². The predicted octanol–water partition coefficient (Wildman–Crippen LogP) is 6.74. The molecule has 0 aliphatic heterocycles. The Hall–Kier alpha value is -2.04. The second-order valence-corrected chi connectivity index (χ2v) is 9.97. The van der Waals surface area contributed by atoms with Crippen molar-refractivity contribution in [2.24, 2.45) is 0 Å². The molecule has 0 aromatic heterocycles. The molecule has 0 radical (unpaired) electrons. The summed E-state index contributed by atoms with van der Waals surface area (Å²) in [6, 6.07) is 13.3. The van der Waals surface area contributed by atoms with Crippen LogP contribution < -0.4 is 5.32 Å². The molecule has 3 rings (SSSR count). The maximum absolute atomic E-state index is 13.5. The normalized spacial score (nSPS) is 15.1. The van der Waals surface area contributed by atoms with Crippen LogP contribution in [-0.2, 0) is 29.0 Å². The van der Waals surface area contributed by atoms with Crippen molar-refractivity contribution in [2.45, 2.75) is 90.3 Å². The van der Waals surface area contributed by atoms with Gasteiger partial charge in [-0.05, 0) is 55.4 Å². The van der Waals surface area contributed by atoms with Crippen molar-refractivity contribution in [1.29, 1.82) is 0 Å². The predicted molar refractivity (Wildman–Crippen MR) is 140 cm³/mol. The fourth-order valence-electron chi connectivity index (χ4n) is 4.65. The van der Waals surface area contributed by atoms with Gasteiger partial charge in [0.05, 0.1) is 0 Å². The number of carbonyl (C=O) groups excluding carboxylic acids is 2. The lowest BCUT2D eigenvalue weighted by Crippen LogP contribution is -2.51. The summed E-state index contributed by atoms with van der Waals surface area (Å²) >= 11 is 12.9. The fraction of sp³-hybridized carbons (Fsp3) is 0.500. The highest BCUT2D eigenvalue weighted by Crippen LogP contribution is 2.28. The first-order chi connectivity index (χ1) is 16.4. The van der Waals surface area contributed by atoms with E-state index in [1.54, 1.807) is 23.1 Å². The molecule has 0 spiro atoms. The molecule has 0 unspecified atom stereocenters. The number of halogens is 2. The number of hydrogen-bond donors (Lipinski definition) is 1. The Morgan fingerprint density at radius 2 is 1.59 bits per heavy atom. The highest BCUT2D eigenvalue weighted by atomic mass is 35.5. The molecule has 1 aliphatic carbocycles. The van der Waals surface area contributed by atoms with Gasteiger partial charge in [0, 0.05) is 34.6 Å². The van der Waals surface area contributed by atoms with Crippen LogP contribution in [0.3, 0.4) is 0 Å². The molecule has 184 valence electrons. The molecular weight excluding hydrogens is 467 g/mol. The van der Waals surface area contributed by atoms with Crippen molar-refractivity contribution in [3.63, 3.8) is 0 Å². The fourth-order valence-corrected chi connectivity index (χ4v) is 5.17. The Bertz CT molecular complexity index is 935. The quantitative estimate of drug-likeness (QED) is 0.390. The van der Waals surface area contributed by atoms with E-state index in [9.17, 15) is 9.59 Å². The molecule has 2 amide bonds. The van der Waals surface area contributed by atoms with E-state index in [1.807, 2.05) is 6.92 Å². The Morgan fingerprint density at radius 1 is 0.971 bits per heavy atom. The highest BCUT2D eigenvalue weighted by Gasteiger charge is 2.31. The Kier molecular flexibility index (Phi) is 10.3. The zero-order valence-electron chi connectivity index (χ0n) is 20.3. The van der Waals surface area contributed by atoms with Gasteiger partial charge in [0.15, 0.2) is 0 Å². The van der Waals surface area contributed by atoms with Gasteiger partial charge in [-0.1, -0.05) is 86.6 Å². The zero-order valence-corrected chi connectivity index (χ0v) is 21.8. The number of nitrogens with zero attached hydrogens (tertiary/aromatic N) is 1. The molecule has 0 bridgehead atoms. The average Bonchev–Trinajstić information content (AvgIpc) is 2.85. The van der Waals surface area contributed by atoms with E-state index in [-0.39, 0.29) is 24.4 Å². The number of nitrogens with one attached hydrogen (secondary N) is 1. The largest absolute Gasteiger partial charge is 0.352 e. The molecule has 1 fully saturated rings. The van der Waals surface area contributed by atoms with Gasteiger partial charge in [-0.2, -0.15) is 0 Å². The molecule has 2 aromatic carbocycles. The Labute approximate surface area is 214 Å². The number of aryl methyl sites for hydroxylation is 2. The topological polar surface area (TPSA) is 49.4 Å². The van der Waals surface area contributed by atoms with Crippen molar-refractivity contribution in [1.82, 2.24) is 10.2 Å². The molecule has 34 heavy (non-hydrogen) atoms. The lowest BCUT2D eigenvalue weighted by atomic mass is 9.95. The van der Waals surface area contributed by atoms with Gasteiger partial charge < -0.3 is 10.2 Å². The third kappa shape index (κ3) is 7.23. The van der Waals surface area contributed by atoms with Gasteiger partial charge in [-0.25, -0.2) is 0 Å².